The minimum atomic E-state index is -4.14. The van der Waals surface area contributed by atoms with Gasteiger partial charge in [-0.05, 0) is 18.1 Å². The Labute approximate surface area is 121 Å². The Morgan fingerprint density at radius 2 is 2.10 bits per heavy atom. The normalized spacial score (nSPS) is 23.9. The number of rotatable bonds is 3. The van der Waals surface area contributed by atoms with Gasteiger partial charge in [-0.3, -0.25) is 4.79 Å². The van der Waals surface area contributed by atoms with E-state index in [1.54, 1.807) is 6.92 Å². The van der Waals surface area contributed by atoms with E-state index >= 15 is 0 Å². The van der Waals surface area contributed by atoms with E-state index in [0.717, 1.165) is 10.4 Å². The van der Waals surface area contributed by atoms with Gasteiger partial charge in [0.2, 0.25) is 10.0 Å². The number of hydrogen-bond donors (Lipinski definition) is 1. The zero-order chi connectivity index (χ0) is 15.1. The highest BCUT2D eigenvalue weighted by Gasteiger charge is 2.42. The second kappa shape index (κ2) is 5.31. The monoisotopic (exact) mass is 321 g/mol. The van der Waals surface area contributed by atoms with Gasteiger partial charge in [-0.2, -0.15) is 4.31 Å². The molecule has 5 nitrogen and oxygen atoms in total. The zero-order valence-corrected chi connectivity index (χ0v) is 12.2. The van der Waals surface area contributed by atoms with Gasteiger partial charge in [-0.15, -0.1) is 0 Å². The molecule has 110 valence electrons. The topological polar surface area (TPSA) is 74.7 Å². The van der Waals surface area contributed by atoms with E-state index in [1.165, 1.54) is 12.1 Å². The van der Waals surface area contributed by atoms with E-state index in [-0.39, 0.29) is 24.0 Å². The van der Waals surface area contributed by atoms with Gasteiger partial charge < -0.3 is 5.11 Å². The standard InChI is InChI=1S/C12H13ClFNO4S/c1-7-5-15(6-8(7)12(16)17)20(18,19)11-9(13)3-2-4-10(11)14/h2-4,7-8H,5-6H2,1H3,(H,16,17)/t7-,8-/m1/s1. The summed E-state index contributed by atoms with van der Waals surface area (Å²) in [6.45, 7) is 1.50. The molecule has 1 aliphatic rings. The first kappa shape index (κ1) is 15.2. The molecule has 0 spiro atoms. The summed E-state index contributed by atoms with van der Waals surface area (Å²) in [6, 6.07) is 3.60. The molecule has 0 bridgehead atoms. The van der Waals surface area contributed by atoms with E-state index < -0.39 is 32.6 Å². The van der Waals surface area contributed by atoms with Crippen LogP contribution in [0.3, 0.4) is 0 Å². The fraction of sp³-hybridized carbons (Fsp3) is 0.417. The highest BCUT2D eigenvalue weighted by Crippen LogP contribution is 2.32. The maximum atomic E-state index is 13.7. The molecule has 0 aromatic heterocycles. The number of nitrogens with zero attached hydrogens (tertiary/aromatic N) is 1. The van der Waals surface area contributed by atoms with Gasteiger partial charge in [-0.1, -0.05) is 24.6 Å². The number of benzene rings is 1. The number of halogens is 2. The lowest BCUT2D eigenvalue weighted by atomic mass is 9.99. The summed E-state index contributed by atoms with van der Waals surface area (Å²) in [6.07, 6.45) is 0. The van der Waals surface area contributed by atoms with Crippen molar-refractivity contribution in [1.82, 2.24) is 4.31 Å². The van der Waals surface area contributed by atoms with Crippen molar-refractivity contribution >= 4 is 27.6 Å². The van der Waals surface area contributed by atoms with Gasteiger partial charge in [0.25, 0.3) is 0 Å². The molecule has 8 heteroatoms. The molecular weight excluding hydrogens is 309 g/mol. The van der Waals surface area contributed by atoms with Gasteiger partial charge in [0.05, 0.1) is 10.9 Å². The Morgan fingerprint density at radius 1 is 1.45 bits per heavy atom. The van der Waals surface area contributed by atoms with Crippen molar-refractivity contribution in [2.45, 2.75) is 11.8 Å². The van der Waals surface area contributed by atoms with Crippen molar-refractivity contribution < 1.29 is 22.7 Å². The van der Waals surface area contributed by atoms with Crippen LogP contribution in [-0.2, 0) is 14.8 Å². The maximum Gasteiger partial charge on any atom is 0.308 e. The lowest BCUT2D eigenvalue weighted by molar-refractivity contribution is -0.142. The fourth-order valence-corrected chi connectivity index (χ4v) is 4.43. The van der Waals surface area contributed by atoms with Crippen LogP contribution in [0.5, 0.6) is 0 Å². The Bertz CT molecular complexity index is 629. The predicted molar refractivity (Wildman–Crippen MR) is 70.5 cm³/mol. The number of hydrogen-bond acceptors (Lipinski definition) is 3. The van der Waals surface area contributed by atoms with Crippen LogP contribution in [0.1, 0.15) is 6.92 Å². The van der Waals surface area contributed by atoms with Gasteiger partial charge in [0.1, 0.15) is 10.7 Å². The lowest BCUT2D eigenvalue weighted by Crippen LogP contribution is -2.31. The smallest absolute Gasteiger partial charge is 0.308 e. The molecule has 2 atom stereocenters. The predicted octanol–water partition coefficient (Wildman–Crippen LogP) is 1.82. The van der Waals surface area contributed by atoms with Crippen LogP contribution in [0.4, 0.5) is 4.39 Å². The van der Waals surface area contributed by atoms with Crippen molar-refractivity contribution in [1.29, 1.82) is 0 Å². The molecule has 0 aliphatic carbocycles. The number of sulfonamides is 1. The second-order valence-electron chi connectivity index (χ2n) is 4.79. The second-order valence-corrected chi connectivity index (χ2v) is 7.08. The average molecular weight is 322 g/mol. The third kappa shape index (κ3) is 2.53. The first-order valence-electron chi connectivity index (χ1n) is 5.92. The Hall–Kier alpha value is -1.18. The summed E-state index contributed by atoms with van der Waals surface area (Å²) < 4.78 is 39.5. The molecule has 0 saturated carbocycles. The van der Waals surface area contributed by atoms with Crippen LogP contribution in [-0.4, -0.2) is 36.9 Å². The Balaban J connectivity index is 2.40. The van der Waals surface area contributed by atoms with Crippen LogP contribution in [0.15, 0.2) is 23.1 Å². The molecule has 0 unspecified atom stereocenters. The minimum Gasteiger partial charge on any atom is -0.481 e. The largest absolute Gasteiger partial charge is 0.481 e. The average Bonchev–Trinajstić information content (AvgIpc) is 2.71. The molecule has 1 heterocycles. The molecule has 2 rings (SSSR count). The number of carbonyl (C=O) groups is 1. The minimum absolute atomic E-state index is 0.0317. The quantitative estimate of drug-likeness (QED) is 0.921. The van der Waals surface area contributed by atoms with E-state index in [9.17, 15) is 17.6 Å². The van der Waals surface area contributed by atoms with Crippen molar-refractivity contribution in [3.05, 3.63) is 29.0 Å². The van der Waals surface area contributed by atoms with Gasteiger partial charge >= 0.3 is 5.97 Å². The fourth-order valence-electron chi connectivity index (χ4n) is 2.30. The molecule has 20 heavy (non-hydrogen) atoms. The van der Waals surface area contributed by atoms with E-state index in [1.807, 2.05) is 0 Å². The maximum absolute atomic E-state index is 13.7. The summed E-state index contributed by atoms with van der Waals surface area (Å²) in [7, 11) is -4.14. The zero-order valence-electron chi connectivity index (χ0n) is 10.6. The molecule has 1 saturated heterocycles. The first-order chi connectivity index (χ1) is 9.25. The molecule has 1 aliphatic heterocycles. The summed E-state index contributed by atoms with van der Waals surface area (Å²) >= 11 is 5.77. The molecule has 0 radical (unpaired) electrons. The summed E-state index contributed by atoms with van der Waals surface area (Å²) in [5, 5.41) is 8.81. The molecule has 1 aromatic carbocycles. The molecule has 1 fully saturated rings. The molecule has 0 amide bonds. The van der Waals surface area contributed by atoms with Crippen LogP contribution < -0.4 is 0 Å². The number of carboxylic acids is 1. The van der Waals surface area contributed by atoms with Crippen molar-refractivity contribution in [3.63, 3.8) is 0 Å². The summed E-state index contributed by atoms with van der Waals surface area (Å²) in [5.41, 5.74) is 0. The lowest BCUT2D eigenvalue weighted by Gasteiger charge is -2.17. The van der Waals surface area contributed by atoms with Gasteiger partial charge in [-0.25, -0.2) is 12.8 Å². The molecule has 1 N–H and O–H groups in total. The SMILES string of the molecule is C[C@@H]1CN(S(=O)(=O)c2c(F)cccc2Cl)C[C@H]1C(=O)O. The van der Waals surface area contributed by atoms with Gasteiger partial charge in [0.15, 0.2) is 0 Å². The molecular formula is C12H13ClFNO4S. The van der Waals surface area contributed by atoms with Crippen molar-refractivity contribution in [3.8, 4) is 0 Å². The first-order valence-corrected chi connectivity index (χ1v) is 7.74. The highest BCUT2D eigenvalue weighted by molar-refractivity contribution is 7.89. The van der Waals surface area contributed by atoms with Crippen molar-refractivity contribution in [2.24, 2.45) is 11.8 Å². The summed E-state index contributed by atoms with van der Waals surface area (Å²) in [5.74, 6) is -3.14. The van der Waals surface area contributed by atoms with Crippen LogP contribution in [0.25, 0.3) is 0 Å². The Kier molecular flexibility index (Phi) is 4.04. The van der Waals surface area contributed by atoms with Gasteiger partial charge in [0, 0.05) is 13.1 Å². The van der Waals surface area contributed by atoms with E-state index in [0.29, 0.717) is 0 Å². The number of carboxylic acid groups (broad SMARTS) is 1. The molecule has 1 aromatic rings. The van der Waals surface area contributed by atoms with Crippen LogP contribution in [0, 0.1) is 17.7 Å². The van der Waals surface area contributed by atoms with E-state index in [4.69, 9.17) is 16.7 Å². The van der Waals surface area contributed by atoms with E-state index in [2.05, 4.69) is 0 Å². The summed E-state index contributed by atoms with van der Waals surface area (Å²) in [4.78, 5) is 10.4. The third-order valence-electron chi connectivity index (χ3n) is 3.41. The number of aliphatic carboxylic acids is 1. The Morgan fingerprint density at radius 3 is 2.60 bits per heavy atom. The van der Waals surface area contributed by atoms with Crippen LogP contribution >= 0.6 is 11.6 Å². The third-order valence-corrected chi connectivity index (χ3v) is 5.75. The van der Waals surface area contributed by atoms with Crippen LogP contribution in [0.2, 0.25) is 5.02 Å². The highest BCUT2D eigenvalue weighted by atomic mass is 35.5. The van der Waals surface area contributed by atoms with Crippen molar-refractivity contribution in [2.75, 3.05) is 13.1 Å².